The number of aliphatic hydroxyl groups is 1. The van der Waals surface area contributed by atoms with Gasteiger partial charge in [0.05, 0.1) is 17.6 Å². The van der Waals surface area contributed by atoms with Gasteiger partial charge >= 0.3 is 0 Å². The first-order valence-electron chi connectivity index (χ1n) is 11.6. The molecule has 0 aromatic heterocycles. The van der Waals surface area contributed by atoms with Crippen molar-refractivity contribution >= 4 is 21.8 Å². The zero-order chi connectivity index (χ0) is 26.4. The van der Waals surface area contributed by atoms with Gasteiger partial charge in [0.15, 0.2) is 0 Å². The summed E-state index contributed by atoms with van der Waals surface area (Å²) in [7, 11) is -2.72. The second-order valence-electron chi connectivity index (χ2n) is 9.68. The van der Waals surface area contributed by atoms with Gasteiger partial charge < -0.3 is 14.7 Å². The molecule has 1 fully saturated rings. The SMILES string of the molecule is COc1ccc(S(=O)(=O)N(CCC(=O)N2CCN(CC(C)(C)O)CC2)C(C(=O)NO)C(C)C)cc1. The van der Waals surface area contributed by atoms with E-state index in [4.69, 9.17) is 4.74 Å². The molecule has 1 atom stereocenters. The minimum Gasteiger partial charge on any atom is -0.497 e. The van der Waals surface area contributed by atoms with E-state index in [0.717, 1.165) is 4.31 Å². The van der Waals surface area contributed by atoms with E-state index in [1.165, 1.54) is 31.4 Å². The standard InChI is InChI=1S/C23H38N4O7S/c1-17(2)21(22(29)24-31)27(35(32,33)19-8-6-18(34-5)7-9-19)11-10-20(28)26-14-12-25(13-15-26)16-23(3,4)30/h6-9,17,21,30-31H,10-16H2,1-5H3,(H,24,29). The van der Waals surface area contributed by atoms with Gasteiger partial charge in [0.25, 0.3) is 5.91 Å². The third kappa shape index (κ3) is 7.87. The molecule has 2 rings (SSSR count). The molecule has 0 aliphatic carbocycles. The van der Waals surface area contributed by atoms with Crippen LogP contribution in [0.3, 0.4) is 0 Å². The van der Waals surface area contributed by atoms with Gasteiger partial charge in [0, 0.05) is 45.7 Å². The molecular formula is C23H38N4O7S. The lowest BCUT2D eigenvalue weighted by molar-refractivity contribution is -0.136. The smallest absolute Gasteiger partial charge is 0.262 e. The van der Waals surface area contributed by atoms with Crippen LogP contribution in [-0.2, 0) is 19.6 Å². The first-order chi connectivity index (χ1) is 16.3. The van der Waals surface area contributed by atoms with E-state index in [2.05, 4.69) is 4.90 Å². The number of methoxy groups -OCH3 is 1. The summed E-state index contributed by atoms with van der Waals surface area (Å²) in [5.41, 5.74) is 0.725. The number of carbonyl (C=O) groups excluding carboxylic acids is 2. The summed E-state index contributed by atoms with van der Waals surface area (Å²) in [5.74, 6) is -1.10. The number of sulfonamides is 1. The predicted octanol–water partition coefficient (Wildman–Crippen LogP) is 0.521. The van der Waals surface area contributed by atoms with Gasteiger partial charge in [0.2, 0.25) is 15.9 Å². The van der Waals surface area contributed by atoms with E-state index < -0.39 is 33.5 Å². The number of β-amino-alcohol motifs (C(OH)–C–C–N with tert-alkyl or cyclic N) is 1. The molecule has 0 saturated carbocycles. The van der Waals surface area contributed by atoms with Crippen LogP contribution < -0.4 is 10.2 Å². The normalized spacial score (nSPS) is 16.4. The maximum absolute atomic E-state index is 13.5. The number of nitrogens with one attached hydrogen (secondary N) is 1. The molecule has 0 radical (unpaired) electrons. The van der Waals surface area contributed by atoms with Gasteiger partial charge in [-0.1, -0.05) is 13.8 Å². The number of piperazine rings is 1. The lowest BCUT2D eigenvalue weighted by Crippen LogP contribution is -2.54. The Bertz CT molecular complexity index is 953. The summed E-state index contributed by atoms with van der Waals surface area (Å²) in [5, 5.41) is 19.3. The van der Waals surface area contributed by atoms with Crippen molar-refractivity contribution in [1.29, 1.82) is 0 Å². The van der Waals surface area contributed by atoms with Gasteiger partial charge in [-0.15, -0.1) is 0 Å². The molecule has 0 spiro atoms. The number of hydrogen-bond acceptors (Lipinski definition) is 8. The number of hydroxylamine groups is 1. The molecule has 1 aliphatic heterocycles. The van der Waals surface area contributed by atoms with Crippen LogP contribution in [0.5, 0.6) is 5.75 Å². The molecule has 2 amide bonds. The Labute approximate surface area is 207 Å². The fourth-order valence-corrected chi connectivity index (χ4v) is 5.91. The van der Waals surface area contributed by atoms with Crippen LogP contribution in [0.1, 0.15) is 34.1 Å². The summed E-state index contributed by atoms with van der Waals surface area (Å²) >= 11 is 0. The zero-order valence-corrected chi connectivity index (χ0v) is 21.9. The quantitative estimate of drug-likeness (QED) is 0.287. The molecule has 1 unspecified atom stereocenters. The Balaban J connectivity index is 2.20. The lowest BCUT2D eigenvalue weighted by Gasteiger charge is -2.38. The van der Waals surface area contributed by atoms with Crippen LogP contribution in [0.25, 0.3) is 0 Å². The highest BCUT2D eigenvalue weighted by Crippen LogP contribution is 2.25. The van der Waals surface area contributed by atoms with Crippen molar-refractivity contribution in [1.82, 2.24) is 19.6 Å². The molecule has 1 aliphatic rings. The van der Waals surface area contributed by atoms with Crippen LogP contribution >= 0.6 is 0 Å². The molecule has 35 heavy (non-hydrogen) atoms. The average Bonchev–Trinajstić information content (AvgIpc) is 2.80. The van der Waals surface area contributed by atoms with Gasteiger partial charge in [-0.3, -0.25) is 19.7 Å². The van der Waals surface area contributed by atoms with Crippen LogP contribution in [0.2, 0.25) is 0 Å². The van der Waals surface area contributed by atoms with Crippen molar-refractivity contribution in [2.45, 2.75) is 50.7 Å². The first kappa shape index (κ1) is 29.0. The minimum absolute atomic E-state index is 0.0534. The first-order valence-corrected chi connectivity index (χ1v) is 13.1. The lowest BCUT2D eigenvalue weighted by atomic mass is 10.0. The summed E-state index contributed by atoms with van der Waals surface area (Å²) in [4.78, 5) is 29.1. The summed E-state index contributed by atoms with van der Waals surface area (Å²) < 4.78 is 33.1. The highest BCUT2D eigenvalue weighted by Gasteiger charge is 2.38. The zero-order valence-electron chi connectivity index (χ0n) is 21.1. The fraction of sp³-hybridized carbons (Fsp3) is 0.652. The van der Waals surface area contributed by atoms with Crippen LogP contribution in [0.15, 0.2) is 29.2 Å². The van der Waals surface area contributed by atoms with Gasteiger partial charge in [-0.25, -0.2) is 13.9 Å². The highest BCUT2D eigenvalue weighted by atomic mass is 32.2. The number of ether oxygens (including phenoxy) is 1. The molecule has 1 aromatic carbocycles. The Kier molecular flexibility index (Phi) is 10.0. The molecule has 198 valence electrons. The topological polar surface area (TPSA) is 140 Å². The van der Waals surface area contributed by atoms with Crippen molar-refractivity contribution in [3.05, 3.63) is 24.3 Å². The fourth-order valence-electron chi connectivity index (χ4n) is 4.19. The average molecular weight is 515 g/mol. The maximum atomic E-state index is 13.5. The monoisotopic (exact) mass is 514 g/mol. The van der Waals surface area contributed by atoms with E-state index in [9.17, 15) is 28.3 Å². The molecule has 1 heterocycles. The van der Waals surface area contributed by atoms with E-state index in [1.807, 2.05) is 0 Å². The van der Waals surface area contributed by atoms with E-state index >= 15 is 0 Å². The molecule has 11 nitrogen and oxygen atoms in total. The van der Waals surface area contributed by atoms with Crippen molar-refractivity contribution in [2.24, 2.45) is 5.92 Å². The largest absolute Gasteiger partial charge is 0.497 e. The third-order valence-corrected chi connectivity index (χ3v) is 7.76. The van der Waals surface area contributed by atoms with Crippen molar-refractivity contribution in [2.75, 3.05) is 46.4 Å². The van der Waals surface area contributed by atoms with Crippen molar-refractivity contribution in [3.8, 4) is 5.75 Å². The number of carbonyl (C=O) groups is 2. The van der Waals surface area contributed by atoms with Crippen molar-refractivity contribution < 1.29 is 33.1 Å². The maximum Gasteiger partial charge on any atom is 0.262 e. The second-order valence-corrected chi connectivity index (χ2v) is 11.6. The molecule has 0 bridgehead atoms. The van der Waals surface area contributed by atoms with E-state index in [0.29, 0.717) is 38.5 Å². The summed E-state index contributed by atoms with van der Waals surface area (Å²) in [6, 6.07) is 4.53. The Morgan fingerprint density at radius 3 is 2.17 bits per heavy atom. The summed E-state index contributed by atoms with van der Waals surface area (Å²) in [6.45, 7) is 9.20. The molecule has 1 saturated heterocycles. The van der Waals surface area contributed by atoms with Gasteiger partial charge in [-0.2, -0.15) is 4.31 Å². The molecular weight excluding hydrogens is 476 g/mol. The number of benzene rings is 1. The summed E-state index contributed by atoms with van der Waals surface area (Å²) in [6.07, 6.45) is -0.122. The Hall–Kier alpha value is -2.25. The van der Waals surface area contributed by atoms with E-state index in [1.54, 1.807) is 38.1 Å². The van der Waals surface area contributed by atoms with Gasteiger partial charge in [0.1, 0.15) is 11.8 Å². The van der Waals surface area contributed by atoms with Crippen molar-refractivity contribution in [3.63, 3.8) is 0 Å². The third-order valence-electron chi connectivity index (χ3n) is 5.87. The van der Waals surface area contributed by atoms with E-state index in [-0.39, 0.29) is 23.8 Å². The van der Waals surface area contributed by atoms with Crippen LogP contribution in [-0.4, -0.2) is 103 Å². The predicted molar refractivity (Wildman–Crippen MR) is 129 cm³/mol. The molecule has 1 aromatic rings. The van der Waals surface area contributed by atoms with Crippen LogP contribution in [0, 0.1) is 5.92 Å². The highest BCUT2D eigenvalue weighted by molar-refractivity contribution is 7.89. The number of amides is 2. The number of hydrogen-bond donors (Lipinski definition) is 3. The van der Waals surface area contributed by atoms with Crippen LogP contribution in [0.4, 0.5) is 0 Å². The molecule has 3 N–H and O–H groups in total. The second kappa shape index (κ2) is 12.1. The Morgan fingerprint density at radius 1 is 1.14 bits per heavy atom. The minimum atomic E-state index is -4.18. The molecule has 12 heteroatoms. The number of rotatable bonds is 11. The Morgan fingerprint density at radius 2 is 1.71 bits per heavy atom. The number of nitrogens with zero attached hydrogens (tertiary/aromatic N) is 3. The van der Waals surface area contributed by atoms with Gasteiger partial charge in [-0.05, 0) is 44.0 Å².